The first-order valence-corrected chi connectivity index (χ1v) is 6.39. The number of rotatable bonds is 3. The Morgan fingerprint density at radius 3 is 2.83 bits per heavy atom. The van der Waals surface area contributed by atoms with Gasteiger partial charge in [0, 0.05) is 17.0 Å². The van der Waals surface area contributed by atoms with E-state index in [1.165, 1.54) is 0 Å². The van der Waals surface area contributed by atoms with Gasteiger partial charge in [0.05, 0.1) is 17.0 Å². The van der Waals surface area contributed by atoms with Gasteiger partial charge in [-0.15, -0.1) is 0 Å². The number of hydrogen-bond donors (Lipinski definition) is 2. The summed E-state index contributed by atoms with van der Waals surface area (Å²) in [6, 6.07) is 4.00. The minimum Gasteiger partial charge on any atom is -0.481 e. The van der Waals surface area contributed by atoms with Crippen LogP contribution < -0.4 is 0 Å². The molecule has 0 radical (unpaired) electrons. The van der Waals surface area contributed by atoms with E-state index in [1.54, 1.807) is 0 Å². The van der Waals surface area contributed by atoms with Crippen molar-refractivity contribution in [3.05, 3.63) is 34.5 Å². The number of halogens is 1. The van der Waals surface area contributed by atoms with Crippen molar-refractivity contribution in [2.75, 3.05) is 0 Å². The largest absolute Gasteiger partial charge is 0.481 e. The molecule has 1 aliphatic rings. The molecule has 0 spiro atoms. The molecule has 3 rings (SSSR count). The molecular formula is C14H14ClNO2. The van der Waals surface area contributed by atoms with Crippen molar-refractivity contribution in [1.29, 1.82) is 0 Å². The van der Waals surface area contributed by atoms with Crippen LogP contribution in [0.4, 0.5) is 0 Å². The van der Waals surface area contributed by atoms with Crippen molar-refractivity contribution in [3.8, 4) is 0 Å². The highest BCUT2D eigenvalue weighted by atomic mass is 35.5. The molecule has 94 valence electrons. The van der Waals surface area contributed by atoms with Crippen molar-refractivity contribution in [2.24, 2.45) is 0 Å². The van der Waals surface area contributed by atoms with Crippen molar-refractivity contribution in [2.45, 2.75) is 31.6 Å². The highest BCUT2D eigenvalue weighted by molar-refractivity contribution is 6.35. The van der Waals surface area contributed by atoms with Crippen LogP contribution in [0.5, 0.6) is 0 Å². The first-order chi connectivity index (χ1) is 8.52. The Morgan fingerprint density at radius 1 is 1.50 bits per heavy atom. The molecule has 1 aliphatic carbocycles. The number of carboxylic acid groups (broad SMARTS) is 1. The number of nitrogens with one attached hydrogen (secondary N) is 1. The number of aromatic amines is 1. The number of aromatic nitrogens is 1. The Balaban J connectivity index is 2.13. The summed E-state index contributed by atoms with van der Waals surface area (Å²) in [5.74, 6) is -0.741. The molecule has 4 heteroatoms. The molecule has 0 bridgehead atoms. The quantitative estimate of drug-likeness (QED) is 0.888. The maximum absolute atomic E-state index is 11.0. The predicted octanol–water partition coefficient (Wildman–Crippen LogP) is 3.64. The molecule has 0 saturated heterocycles. The Labute approximate surface area is 110 Å². The molecule has 1 heterocycles. The molecular weight excluding hydrogens is 250 g/mol. The maximum atomic E-state index is 11.0. The molecule has 3 nitrogen and oxygen atoms in total. The molecule has 2 aromatic rings. The summed E-state index contributed by atoms with van der Waals surface area (Å²) < 4.78 is 0. The first-order valence-electron chi connectivity index (χ1n) is 6.01. The fourth-order valence-corrected chi connectivity index (χ4v) is 2.91. The van der Waals surface area contributed by atoms with Gasteiger partial charge in [-0.1, -0.05) is 11.6 Å². The lowest BCUT2D eigenvalue weighted by Crippen LogP contribution is -2.12. The van der Waals surface area contributed by atoms with E-state index in [0.717, 1.165) is 34.9 Å². The van der Waals surface area contributed by atoms with Gasteiger partial charge in [0.15, 0.2) is 0 Å². The minimum absolute atomic E-state index is 0.187. The van der Waals surface area contributed by atoms with Gasteiger partial charge in [-0.3, -0.25) is 4.79 Å². The van der Waals surface area contributed by atoms with E-state index in [2.05, 4.69) is 11.1 Å². The van der Waals surface area contributed by atoms with Crippen molar-refractivity contribution in [1.82, 2.24) is 4.98 Å². The Bertz CT molecular complexity index is 641. The Kier molecular flexibility index (Phi) is 2.42. The van der Waals surface area contributed by atoms with Gasteiger partial charge in [0.25, 0.3) is 0 Å². The van der Waals surface area contributed by atoms with E-state index >= 15 is 0 Å². The number of aryl methyl sites for hydroxylation is 1. The second-order valence-electron chi connectivity index (χ2n) is 5.20. The molecule has 18 heavy (non-hydrogen) atoms. The van der Waals surface area contributed by atoms with Crippen LogP contribution in [0, 0.1) is 6.92 Å². The fourth-order valence-electron chi connectivity index (χ4n) is 2.64. The van der Waals surface area contributed by atoms with Gasteiger partial charge >= 0.3 is 5.97 Å². The van der Waals surface area contributed by atoms with Gasteiger partial charge < -0.3 is 10.1 Å². The number of fused-ring (bicyclic) bond motifs is 1. The highest BCUT2D eigenvalue weighted by Gasteiger charge is 2.46. The summed E-state index contributed by atoms with van der Waals surface area (Å²) in [5, 5.41) is 10.8. The van der Waals surface area contributed by atoms with Crippen molar-refractivity contribution >= 4 is 28.5 Å². The number of carboxylic acids is 1. The van der Waals surface area contributed by atoms with Crippen LogP contribution in [0.25, 0.3) is 10.9 Å². The lowest BCUT2D eigenvalue weighted by Gasteiger charge is -2.14. The highest BCUT2D eigenvalue weighted by Crippen LogP contribution is 2.52. The average molecular weight is 264 g/mol. The van der Waals surface area contributed by atoms with Crippen LogP contribution in [0.2, 0.25) is 5.02 Å². The third-order valence-corrected chi connectivity index (χ3v) is 4.20. The van der Waals surface area contributed by atoms with Crippen LogP contribution in [0.15, 0.2) is 18.3 Å². The molecule has 0 amide bonds. The molecule has 1 aromatic heterocycles. The van der Waals surface area contributed by atoms with Crippen molar-refractivity contribution in [3.63, 3.8) is 0 Å². The number of aliphatic carboxylic acids is 1. The van der Waals surface area contributed by atoms with Crippen LogP contribution in [-0.4, -0.2) is 16.1 Å². The van der Waals surface area contributed by atoms with E-state index in [1.807, 2.05) is 19.2 Å². The zero-order valence-electron chi connectivity index (χ0n) is 10.1. The number of benzene rings is 1. The SMILES string of the molecule is Cc1c[nH]c2c(Cl)cc(C3(CC(=O)O)CC3)cc12. The third kappa shape index (κ3) is 1.70. The van der Waals surface area contributed by atoms with Crippen LogP contribution in [0.3, 0.4) is 0 Å². The molecule has 1 fully saturated rings. The topological polar surface area (TPSA) is 53.1 Å². The Morgan fingerprint density at radius 2 is 2.22 bits per heavy atom. The van der Waals surface area contributed by atoms with Gasteiger partial charge in [0.1, 0.15) is 0 Å². The summed E-state index contributed by atoms with van der Waals surface area (Å²) in [6.45, 7) is 2.02. The Hall–Kier alpha value is -1.48. The smallest absolute Gasteiger partial charge is 0.304 e. The summed E-state index contributed by atoms with van der Waals surface area (Å²) in [7, 11) is 0. The van der Waals surface area contributed by atoms with Gasteiger partial charge in [-0.2, -0.15) is 0 Å². The van der Waals surface area contributed by atoms with Crippen LogP contribution in [0.1, 0.15) is 30.4 Å². The molecule has 2 N–H and O–H groups in total. The molecule has 1 aromatic carbocycles. The van der Waals surface area contributed by atoms with Crippen LogP contribution in [-0.2, 0) is 10.2 Å². The molecule has 0 unspecified atom stereocenters. The van der Waals surface area contributed by atoms with Gasteiger partial charge in [-0.25, -0.2) is 0 Å². The lowest BCUT2D eigenvalue weighted by atomic mass is 9.91. The predicted molar refractivity (Wildman–Crippen MR) is 71.2 cm³/mol. The molecule has 0 atom stereocenters. The zero-order chi connectivity index (χ0) is 12.9. The van der Waals surface area contributed by atoms with E-state index in [-0.39, 0.29) is 11.8 Å². The first kappa shape index (κ1) is 11.6. The second-order valence-corrected chi connectivity index (χ2v) is 5.61. The third-order valence-electron chi connectivity index (χ3n) is 3.90. The second kappa shape index (κ2) is 3.75. The van der Waals surface area contributed by atoms with Crippen molar-refractivity contribution < 1.29 is 9.90 Å². The van der Waals surface area contributed by atoms with E-state index in [0.29, 0.717) is 5.02 Å². The number of H-pyrrole nitrogens is 1. The normalized spacial score (nSPS) is 17.0. The summed E-state index contributed by atoms with van der Waals surface area (Å²) in [5.41, 5.74) is 2.95. The maximum Gasteiger partial charge on any atom is 0.304 e. The summed E-state index contributed by atoms with van der Waals surface area (Å²) >= 11 is 6.27. The van der Waals surface area contributed by atoms with Crippen LogP contribution >= 0.6 is 11.6 Å². The molecule has 1 saturated carbocycles. The van der Waals surface area contributed by atoms with E-state index < -0.39 is 5.97 Å². The molecule has 0 aliphatic heterocycles. The minimum atomic E-state index is -0.741. The van der Waals surface area contributed by atoms with Gasteiger partial charge in [0.2, 0.25) is 0 Å². The summed E-state index contributed by atoms with van der Waals surface area (Å²) in [6.07, 6.45) is 3.99. The zero-order valence-corrected chi connectivity index (χ0v) is 10.8. The van der Waals surface area contributed by atoms with E-state index in [9.17, 15) is 4.79 Å². The average Bonchev–Trinajstić information content (AvgIpc) is 2.97. The summed E-state index contributed by atoms with van der Waals surface area (Å²) in [4.78, 5) is 14.1. The van der Waals surface area contributed by atoms with Gasteiger partial charge in [-0.05, 0) is 43.0 Å². The standard InChI is InChI=1S/C14H14ClNO2/c1-8-7-16-13-10(8)4-9(5-11(13)15)14(2-3-14)6-12(17)18/h4-5,7,16H,2-3,6H2,1H3,(H,17,18). The number of carbonyl (C=O) groups is 1. The van der Waals surface area contributed by atoms with E-state index in [4.69, 9.17) is 16.7 Å². The fraction of sp³-hybridized carbons (Fsp3) is 0.357. The monoisotopic (exact) mass is 263 g/mol. The lowest BCUT2D eigenvalue weighted by molar-refractivity contribution is -0.137. The number of hydrogen-bond acceptors (Lipinski definition) is 1.